The zero-order valence-corrected chi connectivity index (χ0v) is 20.7. The number of nitrogens with zero attached hydrogens (tertiary/aromatic N) is 1. The fourth-order valence-electron chi connectivity index (χ4n) is 3.90. The number of carboxylic acid groups (broad SMARTS) is 1. The van der Waals surface area contributed by atoms with Crippen LogP contribution in [0.4, 0.5) is 35.0 Å². The molecule has 2 rings (SSSR count). The quantitative estimate of drug-likeness (QED) is 0.337. The number of carboxylic acids is 1. The minimum Gasteiger partial charge on any atom is -0.481 e. The highest BCUT2D eigenvalue weighted by Gasteiger charge is 2.42. The normalized spacial score (nSPS) is 12.5. The smallest absolute Gasteiger partial charge is 0.396 e. The van der Waals surface area contributed by atoms with E-state index < -0.39 is 30.5 Å². The molecule has 9 heteroatoms. The molecule has 35 heavy (non-hydrogen) atoms. The summed E-state index contributed by atoms with van der Waals surface area (Å²) < 4.78 is 41.1. The van der Waals surface area contributed by atoms with E-state index in [2.05, 4.69) is 10.6 Å². The van der Waals surface area contributed by atoms with Gasteiger partial charge in [-0.25, -0.2) is 4.79 Å². The van der Waals surface area contributed by atoms with Gasteiger partial charge in [0.25, 0.3) is 0 Å². The number of carbonyl (C=O) groups excluding carboxylic acids is 1. The molecule has 0 aliphatic heterocycles. The van der Waals surface area contributed by atoms with Crippen molar-refractivity contribution in [1.29, 1.82) is 0 Å². The van der Waals surface area contributed by atoms with E-state index in [0.717, 1.165) is 5.56 Å². The lowest BCUT2D eigenvalue weighted by Crippen LogP contribution is -2.33. The average Bonchev–Trinajstić information content (AvgIpc) is 2.70. The largest absolute Gasteiger partial charge is 0.481 e. The lowest BCUT2D eigenvalue weighted by atomic mass is 9.94. The number of halogens is 3. The van der Waals surface area contributed by atoms with Crippen LogP contribution in [0.1, 0.15) is 51.2 Å². The number of aryl methyl sites for hydroxylation is 1. The van der Waals surface area contributed by atoms with E-state index in [4.69, 9.17) is 5.11 Å². The SMILES string of the molecule is Cc1cccc(NC(=O)Nc2cc(C(CC(=O)O)C(F)(F)F)ccc2N(CC(C)C)CC(C)C)c1. The number of nitrogens with one attached hydrogen (secondary N) is 2. The van der Waals surface area contributed by atoms with Crippen molar-refractivity contribution in [2.45, 2.75) is 53.1 Å². The van der Waals surface area contributed by atoms with E-state index >= 15 is 0 Å². The summed E-state index contributed by atoms with van der Waals surface area (Å²) >= 11 is 0. The molecule has 1 unspecified atom stereocenters. The molecule has 0 spiro atoms. The van der Waals surface area contributed by atoms with E-state index in [9.17, 15) is 22.8 Å². The van der Waals surface area contributed by atoms with Crippen molar-refractivity contribution in [3.05, 3.63) is 53.6 Å². The standard InChI is InChI=1S/C26H34F3N3O3/c1-16(2)14-32(15-17(3)4)23-10-9-19(21(13-24(33)34)26(27,28)29)12-22(23)31-25(35)30-20-8-6-7-18(5)11-20/h6-12,16-17,21H,13-15H2,1-5H3,(H,33,34)(H2,30,31,35). The minimum atomic E-state index is -4.75. The Kier molecular flexibility index (Phi) is 9.56. The molecule has 0 aliphatic rings. The number of alkyl halides is 3. The molecular weight excluding hydrogens is 459 g/mol. The maximum atomic E-state index is 13.7. The van der Waals surface area contributed by atoms with Crippen molar-refractivity contribution in [3.8, 4) is 0 Å². The third-order valence-electron chi connectivity index (χ3n) is 5.23. The van der Waals surface area contributed by atoms with Crippen molar-refractivity contribution < 1.29 is 27.9 Å². The van der Waals surface area contributed by atoms with E-state index in [1.807, 2.05) is 45.6 Å². The van der Waals surface area contributed by atoms with E-state index in [-0.39, 0.29) is 23.1 Å². The molecule has 0 aliphatic carbocycles. The number of carbonyl (C=O) groups is 2. The van der Waals surface area contributed by atoms with Gasteiger partial charge in [-0.05, 0) is 54.2 Å². The van der Waals surface area contributed by atoms with Crippen LogP contribution in [0.25, 0.3) is 0 Å². The summed E-state index contributed by atoms with van der Waals surface area (Å²) in [5.74, 6) is -3.22. The van der Waals surface area contributed by atoms with Gasteiger partial charge in [-0.1, -0.05) is 45.9 Å². The van der Waals surface area contributed by atoms with Crippen LogP contribution in [0.2, 0.25) is 0 Å². The van der Waals surface area contributed by atoms with Gasteiger partial charge in [-0.3, -0.25) is 4.79 Å². The summed E-state index contributed by atoms with van der Waals surface area (Å²) in [6.45, 7) is 11.3. The van der Waals surface area contributed by atoms with Crippen molar-refractivity contribution >= 4 is 29.1 Å². The molecule has 3 N–H and O–H groups in total. The molecule has 2 aromatic carbocycles. The predicted molar refractivity (Wildman–Crippen MR) is 133 cm³/mol. The van der Waals surface area contributed by atoms with E-state index in [1.165, 1.54) is 18.2 Å². The number of amides is 2. The molecule has 0 heterocycles. The molecule has 0 radical (unpaired) electrons. The second-order valence-corrected chi connectivity index (χ2v) is 9.61. The van der Waals surface area contributed by atoms with Gasteiger partial charge >= 0.3 is 18.2 Å². The maximum absolute atomic E-state index is 13.7. The third kappa shape index (κ3) is 8.81. The van der Waals surface area contributed by atoms with Crippen molar-refractivity contribution in [2.24, 2.45) is 11.8 Å². The van der Waals surface area contributed by atoms with Gasteiger partial charge in [0.2, 0.25) is 0 Å². The van der Waals surface area contributed by atoms with Crippen LogP contribution in [0.3, 0.4) is 0 Å². The van der Waals surface area contributed by atoms with Crippen LogP contribution in [-0.4, -0.2) is 36.4 Å². The number of aliphatic carboxylic acids is 1. The monoisotopic (exact) mass is 493 g/mol. The lowest BCUT2D eigenvalue weighted by Gasteiger charge is -2.31. The zero-order valence-electron chi connectivity index (χ0n) is 20.7. The number of urea groups is 1. The van der Waals surface area contributed by atoms with Crippen LogP contribution in [0.5, 0.6) is 0 Å². The van der Waals surface area contributed by atoms with Crippen LogP contribution < -0.4 is 15.5 Å². The topological polar surface area (TPSA) is 81.7 Å². The zero-order chi connectivity index (χ0) is 26.3. The number of hydrogen-bond acceptors (Lipinski definition) is 3. The molecule has 2 aromatic rings. The van der Waals surface area contributed by atoms with E-state index in [0.29, 0.717) is 24.5 Å². The Bertz CT molecular complexity index is 1010. The first-order valence-electron chi connectivity index (χ1n) is 11.6. The summed E-state index contributed by atoms with van der Waals surface area (Å²) in [4.78, 5) is 26.0. The molecule has 0 aromatic heterocycles. The van der Waals surface area contributed by atoms with Gasteiger partial charge in [-0.15, -0.1) is 0 Å². The van der Waals surface area contributed by atoms with E-state index in [1.54, 1.807) is 18.2 Å². The number of hydrogen-bond donors (Lipinski definition) is 3. The summed E-state index contributed by atoms with van der Waals surface area (Å²) in [5, 5.41) is 14.5. The molecule has 192 valence electrons. The highest BCUT2D eigenvalue weighted by molar-refractivity contribution is 6.02. The van der Waals surface area contributed by atoms with Gasteiger partial charge in [0.15, 0.2) is 0 Å². The Hall–Kier alpha value is -3.23. The van der Waals surface area contributed by atoms with Gasteiger partial charge in [0, 0.05) is 18.8 Å². The average molecular weight is 494 g/mol. The summed E-state index contributed by atoms with van der Waals surface area (Å²) in [6, 6.07) is 10.6. The summed E-state index contributed by atoms with van der Waals surface area (Å²) in [7, 11) is 0. The Morgan fingerprint density at radius 3 is 2.11 bits per heavy atom. The van der Waals surface area contributed by atoms with Crippen molar-refractivity contribution in [3.63, 3.8) is 0 Å². The van der Waals surface area contributed by atoms with Crippen molar-refractivity contribution in [1.82, 2.24) is 0 Å². The summed E-state index contributed by atoms with van der Waals surface area (Å²) in [5.41, 5.74) is 2.02. The minimum absolute atomic E-state index is 0.189. The van der Waals surface area contributed by atoms with Gasteiger partial charge < -0.3 is 20.6 Å². The fourth-order valence-corrected chi connectivity index (χ4v) is 3.90. The molecular formula is C26H34F3N3O3. The Morgan fingerprint density at radius 1 is 0.971 bits per heavy atom. The predicted octanol–water partition coefficient (Wildman–Crippen LogP) is 6.88. The second-order valence-electron chi connectivity index (χ2n) is 9.61. The maximum Gasteiger partial charge on any atom is 0.396 e. The molecule has 0 fully saturated rings. The first-order valence-corrected chi connectivity index (χ1v) is 11.6. The van der Waals surface area contributed by atoms with Crippen LogP contribution in [-0.2, 0) is 4.79 Å². The van der Waals surface area contributed by atoms with Gasteiger partial charge in [0.05, 0.1) is 23.7 Å². The first-order chi connectivity index (χ1) is 16.3. The first kappa shape index (κ1) is 28.0. The number of rotatable bonds is 10. The molecule has 0 bridgehead atoms. The second kappa shape index (κ2) is 12.0. The summed E-state index contributed by atoms with van der Waals surface area (Å²) in [6.07, 6.45) is -5.85. The third-order valence-corrected chi connectivity index (χ3v) is 5.23. The lowest BCUT2D eigenvalue weighted by molar-refractivity contribution is -0.163. The number of anilines is 3. The molecule has 0 saturated heterocycles. The fraction of sp³-hybridized carbons (Fsp3) is 0.462. The Morgan fingerprint density at radius 2 is 1.60 bits per heavy atom. The molecule has 6 nitrogen and oxygen atoms in total. The van der Waals surface area contributed by atoms with Gasteiger partial charge in [0.1, 0.15) is 0 Å². The Balaban J connectivity index is 2.51. The molecule has 2 amide bonds. The van der Waals surface area contributed by atoms with Gasteiger partial charge in [-0.2, -0.15) is 13.2 Å². The highest BCUT2D eigenvalue weighted by atomic mass is 19.4. The molecule has 0 saturated carbocycles. The van der Waals surface area contributed by atoms with Crippen LogP contribution in [0, 0.1) is 18.8 Å². The number of benzene rings is 2. The van der Waals surface area contributed by atoms with Crippen LogP contribution >= 0.6 is 0 Å². The van der Waals surface area contributed by atoms with Crippen LogP contribution in [0.15, 0.2) is 42.5 Å². The highest BCUT2D eigenvalue weighted by Crippen LogP contribution is 2.40. The molecule has 1 atom stereocenters. The Labute approximate surface area is 204 Å². The van der Waals surface area contributed by atoms with Crippen molar-refractivity contribution in [2.75, 3.05) is 28.6 Å².